The van der Waals surface area contributed by atoms with E-state index < -0.39 is 17.8 Å². The molecule has 1 N–H and O–H groups in total. The number of hydrogen-bond donors (Lipinski definition) is 1. The van der Waals surface area contributed by atoms with Crippen LogP contribution < -0.4 is 10.2 Å². The molecule has 0 aliphatic carbocycles. The molecule has 154 valence electrons. The molecule has 1 aliphatic rings. The quantitative estimate of drug-likeness (QED) is 0.424. The van der Waals surface area contributed by atoms with Crippen molar-refractivity contribution in [2.45, 2.75) is 16.7 Å². The lowest BCUT2D eigenvalue weighted by molar-refractivity contribution is -0.122. The summed E-state index contributed by atoms with van der Waals surface area (Å²) in [5, 5.41) is 2.69. The number of imide groups is 2. The predicted molar refractivity (Wildman–Crippen MR) is 122 cm³/mol. The Morgan fingerprint density at radius 3 is 2.03 bits per heavy atom. The molecule has 1 heterocycles. The number of amides is 4. The smallest absolute Gasteiger partial charge is 0.273 e. The van der Waals surface area contributed by atoms with E-state index in [9.17, 15) is 14.4 Å². The maximum atomic E-state index is 12.9. The van der Waals surface area contributed by atoms with Gasteiger partial charge in [-0.2, -0.15) is 0 Å². The molecular formula is C24H17ClN2O3S. The predicted octanol–water partition coefficient (Wildman–Crippen LogP) is 5.47. The van der Waals surface area contributed by atoms with Gasteiger partial charge in [0.2, 0.25) is 0 Å². The second-order valence-electron chi connectivity index (χ2n) is 6.92. The van der Waals surface area contributed by atoms with Gasteiger partial charge in [0.15, 0.2) is 0 Å². The molecular weight excluding hydrogens is 432 g/mol. The maximum Gasteiger partial charge on any atom is 0.335 e. The van der Waals surface area contributed by atoms with Crippen LogP contribution in [0, 0.1) is 6.92 Å². The summed E-state index contributed by atoms with van der Waals surface area (Å²) in [6.45, 7) is 2.04. The van der Waals surface area contributed by atoms with E-state index in [0.29, 0.717) is 16.3 Å². The molecule has 0 unspecified atom stereocenters. The molecule has 3 aromatic carbocycles. The number of hydrogen-bond acceptors (Lipinski definition) is 4. The number of halogens is 1. The van der Waals surface area contributed by atoms with Crippen LogP contribution in [0.3, 0.4) is 0 Å². The highest BCUT2D eigenvalue weighted by Crippen LogP contribution is 2.29. The van der Waals surface area contributed by atoms with Gasteiger partial charge in [-0.3, -0.25) is 14.9 Å². The van der Waals surface area contributed by atoms with Crippen molar-refractivity contribution in [3.05, 3.63) is 94.5 Å². The van der Waals surface area contributed by atoms with Gasteiger partial charge in [0.05, 0.1) is 5.69 Å². The average Bonchev–Trinajstić information content (AvgIpc) is 2.75. The molecule has 4 rings (SSSR count). The van der Waals surface area contributed by atoms with E-state index in [4.69, 9.17) is 11.6 Å². The summed E-state index contributed by atoms with van der Waals surface area (Å²) in [5.74, 6) is -1.41. The van der Waals surface area contributed by atoms with Gasteiger partial charge in [-0.05, 0) is 67.1 Å². The number of nitrogens with zero attached hydrogens (tertiary/aromatic N) is 1. The fourth-order valence-corrected chi connectivity index (χ4v) is 3.97. The molecule has 1 saturated heterocycles. The van der Waals surface area contributed by atoms with E-state index in [2.05, 4.69) is 29.6 Å². The molecule has 0 spiro atoms. The lowest BCUT2D eigenvalue weighted by atomic mass is 10.1. The highest BCUT2D eigenvalue weighted by Gasteiger charge is 2.36. The van der Waals surface area contributed by atoms with Gasteiger partial charge in [0.1, 0.15) is 5.57 Å². The SMILES string of the molecule is Cc1ccc(Sc2ccc(/C=C3\C(=O)NC(=O)N(c4ccc(Cl)cc4)C3=O)cc2)cc1. The summed E-state index contributed by atoms with van der Waals surface area (Å²) in [5.41, 5.74) is 2.09. The standard InChI is InChI=1S/C24H17ClN2O3S/c1-15-2-10-19(11-3-15)31-20-12-4-16(5-13-20)14-21-22(28)26-24(30)27(23(21)29)18-8-6-17(25)7-9-18/h2-14H,1H3,(H,26,28,30)/b21-14+. The van der Waals surface area contributed by atoms with Crippen LogP contribution in [0.4, 0.5) is 10.5 Å². The summed E-state index contributed by atoms with van der Waals surface area (Å²) in [7, 11) is 0. The summed E-state index contributed by atoms with van der Waals surface area (Å²) in [4.78, 5) is 40.5. The van der Waals surface area contributed by atoms with Crippen molar-refractivity contribution in [1.82, 2.24) is 5.32 Å². The van der Waals surface area contributed by atoms with Crippen LogP contribution in [0.1, 0.15) is 11.1 Å². The van der Waals surface area contributed by atoms with E-state index in [1.54, 1.807) is 36.0 Å². The number of carbonyl (C=O) groups excluding carboxylic acids is 3. The van der Waals surface area contributed by atoms with Crippen molar-refractivity contribution in [3.63, 3.8) is 0 Å². The van der Waals surface area contributed by atoms with Crippen LogP contribution >= 0.6 is 23.4 Å². The van der Waals surface area contributed by atoms with E-state index in [1.807, 2.05) is 31.2 Å². The zero-order valence-electron chi connectivity index (χ0n) is 16.5. The van der Waals surface area contributed by atoms with Gasteiger partial charge >= 0.3 is 6.03 Å². The van der Waals surface area contributed by atoms with Gasteiger partial charge < -0.3 is 0 Å². The monoisotopic (exact) mass is 448 g/mol. The minimum absolute atomic E-state index is 0.117. The summed E-state index contributed by atoms with van der Waals surface area (Å²) in [6, 6.07) is 21.2. The Kier molecular flexibility index (Phi) is 5.93. The second kappa shape index (κ2) is 8.79. The molecule has 0 aromatic heterocycles. The first-order valence-electron chi connectivity index (χ1n) is 9.42. The Morgan fingerprint density at radius 1 is 0.839 bits per heavy atom. The van der Waals surface area contributed by atoms with Crippen molar-refractivity contribution < 1.29 is 14.4 Å². The first-order chi connectivity index (χ1) is 14.9. The van der Waals surface area contributed by atoms with Crippen molar-refractivity contribution in [2.75, 3.05) is 4.90 Å². The highest BCUT2D eigenvalue weighted by atomic mass is 35.5. The van der Waals surface area contributed by atoms with E-state index in [1.165, 1.54) is 11.6 Å². The third-order valence-corrected chi connectivity index (χ3v) is 5.90. The minimum atomic E-state index is -0.792. The van der Waals surface area contributed by atoms with Crippen molar-refractivity contribution in [2.24, 2.45) is 0 Å². The lowest BCUT2D eigenvalue weighted by Crippen LogP contribution is -2.54. The fourth-order valence-electron chi connectivity index (χ4n) is 3.02. The first-order valence-corrected chi connectivity index (χ1v) is 10.6. The van der Waals surface area contributed by atoms with Crippen LogP contribution in [0.5, 0.6) is 0 Å². The summed E-state index contributed by atoms with van der Waals surface area (Å²) in [6.07, 6.45) is 1.48. The van der Waals surface area contributed by atoms with Crippen LogP contribution in [-0.2, 0) is 9.59 Å². The Morgan fingerprint density at radius 2 is 1.42 bits per heavy atom. The summed E-state index contributed by atoms with van der Waals surface area (Å²) < 4.78 is 0. The number of nitrogens with one attached hydrogen (secondary N) is 1. The number of rotatable bonds is 4. The van der Waals surface area contributed by atoms with Crippen LogP contribution in [0.15, 0.2) is 88.2 Å². The lowest BCUT2D eigenvalue weighted by Gasteiger charge is -2.26. The maximum absolute atomic E-state index is 12.9. The van der Waals surface area contributed by atoms with Gasteiger partial charge in [-0.1, -0.05) is 53.2 Å². The van der Waals surface area contributed by atoms with Crippen LogP contribution in [0.25, 0.3) is 6.08 Å². The number of aryl methyl sites for hydroxylation is 1. The van der Waals surface area contributed by atoms with E-state index in [0.717, 1.165) is 14.7 Å². The molecule has 5 nitrogen and oxygen atoms in total. The Hall–Kier alpha value is -3.35. The molecule has 31 heavy (non-hydrogen) atoms. The van der Waals surface area contributed by atoms with E-state index in [-0.39, 0.29) is 5.57 Å². The van der Waals surface area contributed by atoms with Gasteiger partial charge in [0.25, 0.3) is 11.8 Å². The third-order valence-electron chi connectivity index (χ3n) is 4.63. The molecule has 7 heteroatoms. The summed E-state index contributed by atoms with van der Waals surface area (Å²) >= 11 is 7.50. The second-order valence-corrected chi connectivity index (χ2v) is 8.50. The van der Waals surface area contributed by atoms with Crippen molar-refractivity contribution in [1.29, 1.82) is 0 Å². The molecule has 4 amide bonds. The highest BCUT2D eigenvalue weighted by molar-refractivity contribution is 7.99. The number of carbonyl (C=O) groups is 3. The fraction of sp³-hybridized carbons (Fsp3) is 0.0417. The molecule has 1 aliphatic heterocycles. The Labute approximate surface area is 188 Å². The Bertz CT molecular complexity index is 1190. The average molecular weight is 449 g/mol. The number of barbiturate groups is 1. The van der Waals surface area contributed by atoms with Gasteiger partial charge in [0, 0.05) is 14.8 Å². The molecule has 0 radical (unpaired) electrons. The Balaban J connectivity index is 1.57. The van der Waals surface area contributed by atoms with E-state index >= 15 is 0 Å². The number of benzene rings is 3. The van der Waals surface area contributed by atoms with Crippen LogP contribution in [0.2, 0.25) is 5.02 Å². The third kappa shape index (κ3) is 4.71. The van der Waals surface area contributed by atoms with Gasteiger partial charge in [-0.15, -0.1) is 0 Å². The topological polar surface area (TPSA) is 66.5 Å². The normalized spacial score (nSPS) is 15.4. The van der Waals surface area contributed by atoms with Crippen molar-refractivity contribution >= 4 is 53.0 Å². The minimum Gasteiger partial charge on any atom is -0.273 e. The van der Waals surface area contributed by atoms with Gasteiger partial charge in [-0.25, -0.2) is 9.69 Å². The molecule has 0 atom stereocenters. The first kappa shape index (κ1) is 20.9. The zero-order chi connectivity index (χ0) is 22.0. The van der Waals surface area contributed by atoms with Crippen LogP contribution in [-0.4, -0.2) is 17.8 Å². The molecule has 0 bridgehead atoms. The largest absolute Gasteiger partial charge is 0.335 e. The molecule has 1 fully saturated rings. The number of anilines is 1. The van der Waals surface area contributed by atoms with Crippen molar-refractivity contribution in [3.8, 4) is 0 Å². The number of urea groups is 1. The molecule has 3 aromatic rings. The molecule has 0 saturated carbocycles. The zero-order valence-corrected chi connectivity index (χ0v) is 18.0.